The molecule has 0 saturated heterocycles. The number of aryl methyl sites for hydroxylation is 1. The van der Waals surface area contributed by atoms with E-state index in [1.807, 2.05) is 11.5 Å². The van der Waals surface area contributed by atoms with Gasteiger partial charge in [-0.1, -0.05) is 0 Å². The third kappa shape index (κ3) is 1.71. The van der Waals surface area contributed by atoms with E-state index in [2.05, 4.69) is 4.98 Å². The van der Waals surface area contributed by atoms with E-state index in [0.717, 1.165) is 6.54 Å². The fourth-order valence-corrected chi connectivity index (χ4v) is 0.965. The van der Waals surface area contributed by atoms with Crippen LogP contribution in [0.5, 0.6) is 0 Å². The van der Waals surface area contributed by atoms with E-state index in [1.165, 1.54) is 0 Å². The fraction of sp³-hybridized carbons (Fsp3) is 0.556. The van der Waals surface area contributed by atoms with Gasteiger partial charge in [0.25, 0.3) is 0 Å². The van der Waals surface area contributed by atoms with E-state index in [9.17, 15) is 4.79 Å². The summed E-state index contributed by atoms with van der Waals surface area (Å²) in [5.41, 5.74) is -0.303. The highest BCUT2D eigenvalue weighted by atomic mass is 16.4. The van der Waals surface area contributed by atoms with Crippen LogP contribution in [-0.4, -0.2) is 20.6 Å². The van der Waals surface area contributed by atoms with Crippen molar-refractivity contribution in [3.05, 3.63) is 18.2 Å². The van der Waals surface area contributed by atoms with Crippen LogP contribution in [-0.2, 0) is 16.8 Å². The molecule has 0 atom stereocenters. The monoisotopic (exact) mass is 182 g/mol. The molecule has 0 radical (unpaired) electrons. The zero-order valence-electron chi connectivity index (χ0n) is 8.11. The predicted molar refractivity (Wildman–Crippen MR) is 48.6 cm³/mol. The topological polar surface area (TPSA) is 55.1 Å². The lowest BCUT2D eigenvalue weighted by Crippen LogP contribution is -2.28. The van der Waals surface area contributed by atoms with E-state index in [4.69, 9.17) is 5.11 Å². The van der Waals surface area contributed by atoms with Gasteiger partial charge in [-0.2, -0.15) is 0 Å². The second kappa shape index (κ2) is 3.20. The Morgan fingerprint density at radius 3 is 2.69 bits per heavy atom. The lowest BCUT2D eigenvalue weighted by Gasteiger charge is -2.15. The maximum absolute atomic E-state index is 10.9. The Hall–Kier alpha value is -1.32. The molecule has 0 aliphatic heterocycles. The Kier molecular flexibility index (Phi) is 2.40. The molecule has 0 amide bonds. The average Bonchev–Trinajstić information content (AvgIpc) is 2.51. The molecule has 0 spiro atoms. The highest BCUT2D eigenvalue weighted by Gasteiger charge is 2.31. The minimum absolute atomic E-state index is 0.599. The quantitative estimate of drug-likeness (QED) is 0.765. The molecule has 0 saturated carbocycles. The van der Waals surface area contributed by atoms with Crippen molar-refractivity contribution in [2.75, 3.05) is 0 Å². The van der Waals surface area contributed by atoms with Crippen molar-refractivity contribution in [3.8, 4) is 0 Å². The zero-order valence-corrected chi connectivity index (χ0v) is 8.11. The molecule has 4 heteroatoms. The molecule has 4 nitrogen and oxygen atoms in total. The van der Waals surface area contributed by atoms with Gasteiger partial charge in [0, 0.05) is 12.7 Å². The molecule has 0 aliphatic carbocycles. The Morgan fingerprint density at radius 2 is 2.31 bits per heavy atom. The Labute approximate surface area is 77.2 Å². The molecule has 0 bridgehead atoms. The molecular formula is C9H14N2O2. The van der Waals surface area contributed by atoms with Gasteiger partial charge >= 0.3 is 5.97 Å². The molecule has 0 aromatic carbocycles. The maximum atomic E-state index is 10.9. The van der Waals surface area contributed by atoms with E-state index in [1.54, 1.807) is 26.4 Å². The van der Waals surface area contributed by atoms with Crippen LogP contribution in [0.3, 0.4) is 0 Å². The average molecular weight is 182 g/mol. The van der Waals surface area contributed by atoms with E-state index < -0.39 is 11.4 Å². The zero-order chi connectivity index (χ0) is 10.1. The lowest BCUT2D eigenvalue weighted by atomic mass is 9.90. The summed E-state index contributed by atoms with van der Waals surface area (Å²) in [4.78, 5) is 14.9. The second-order valence-electron chi connectivity index (χ2n) is 3.52. The van der Waals surface area contributed by atoms with E-state index in [0.29, 0.717) is 5.69 Å². The summed E-state index contributed by atoms with van der Waals surface area (Å²) in [6.07, 6.45) is 3.42. The Balaban J connectivity index is 3.00. The Bertz CT molecular complexity index is 315. The summed E-state index contributed by atoms with van der Waals surface area (Å²) in [5.74, 6) is -0.853. The highest BCUT2D eigenvalue weighted by molar-refractivity contribution is 5.79. The minimum Gasteiger partial charge on any atom is -0.481 e. The number of carbonyl (C=O) groups is 1. The summed E-state index contributed by atoms with van der Waals surface area (Å²) in [6.45, 7) is 6.09. The fourth-order valence-electron chi connectivity index (χ4n) is 0.965. The summed E-state index contributed by atoms with van der Waals surface area (Å²) < 4.78 is 1.86. The molecule has 1 N–H and O–H groups in total. The standard InChI is InChI=1S/C9H14N2O2/c1-4-11-5-7(10-6-11)9(2,3)8(12)13/h5-6H,4H2,1-3H3,(H,12,13). The van der Waals surface area contributed by atoms with Crippen molar-refractivity contribution in [1.82, 2.24) is 9.55 Å². The number of aliphatic carboxylic acids is 1. The minimum atomic E-state index is -0.902. The van der Waals surface area contributed by atoms with Crippen LogP contribution in [0, 0.1) is 0 Å². The van der Waals surface area contributed by atoms with Gasteiger partial charge in [-0.25, -0.2) is 4.98 Å². The molecular weight excluding hydrogens is 168 g/mol. The number of imidazole rings is 1. The largest absolute Gasteiger partial charge is 0.481 e. The Morgan fingerprint density at radius 1 is 1.69 bits per heavy atom. The van der Waals surface area contributed by atoms with Crippen molar-refractivity contribution in [3.63, 3.8) is 0 Å². The van der Waals surface area contributed by atoms with Crippen molar-refractivity contribution >= 4 is 5.97 Å². The maximum Gasteiger partial charge on any atom is 0.315 e. The van der Waals surface area contributed by atoms with Crippen molar-refractivity contribution in [2.24, 2.45) is 0 Å². The number of rotatable bonds is 3. The molecule has 1 rings (SSSR count). The summed E-state index contributed by atoms with van der Waals surface area (Å²) in [7, 11) is 0. The van der Waals surface area contributed by atoms with Gasteiger partial charge in [-0.15, -0.1) is 0 Å². The van der Waals surface area contributed by atoms with E-state index in [-0.39, 0.29) is 0 Å². The van der Waals surface area contributed by atoms with Gasteiger partial charge < -0.3 is 9.67 Å². The number of carboxylic acid groups (broad SMARTS) is 1. The van der Waals surface area contributed by atoms with Crippen LogP contribution in [0.25, 0.3) is 0 Å². The molecule has 0 aliphatic rings. The first kappa shape index (κ1) is 9.77. The van der Waals surface area contributed by atoms with Crippen LogP contribution in [0.15, 0.2) is 12.5 Å². The summed E-state index contributed by atoms with van der Waals surface area (Å²) in [5, 5.41) is 8.93. The molecule has 1 aromatic rings. The van der Waals surface area contributed by atoms with Crippen molar-refractivity contribution in [1.29, 1.82) is 0 Å². The van der Waals surface area contributed by atoms with Crippen LogP contribution in [0.1, 0.15) is 26.5 Å². The van der Waals surface area contributed by atoms with Crippen LogP contribution >= 0.6 is 0 Å². The molecule has 1 aromatic heterocycles. The first-order valence-electron chi connectivity index (χ1n) is 4.24. The second-order valence-corrected chi connectivity index (χ2v) is 3.52. The normalized spacial score (nSPS) is 11.6. The van der Waals surface area contributed by atoms with Gasteiger partial charge in [-0.3, -0.25) is 4.79 Å². The third-order valence-corrected chi connectivity index (χ3v) is 2.17. The van der Waals surface area contributed by atoms with Crippen LogP contribution in [0.2, 0.25) is 0 Å². The van der Waals surface area contributed by atoms with Gasteiger partial charge in [0.05, 0.1) is 12.0 Å². The summed E-state index contributed by atoms with van der Waals surface area (Å²) >= 11 is 0. The van der Waals surface area contributed by atoms with Crippen molar-refractivity contribution in [2.45, 2.75) is 32.7 Å². The lowest BCUT2D eigenvalue weighted by molar-refractivity contribution is -0.142. The van der Waals surface area contributed by atoms with Gasteiger partial charge in [0.1, 0.15) is 5.41 Å². The van der Waals surface area contributed by atoms with Gasteiger partial charge in [-0.05, 0) is 20.8 Å². The third-order valence-electron chi connectivity index (χ3n) is 2.17. The molecule has 0 unspecified atom stereocenters. The van der Waals surface area contributed by atoms with E-state index >= 15 is 0 Å². The van der Waals surface area contributed by atoms with Gasteiger partial charge in [0.15, 0.2) is 0 Å². The molecule has 0 fully saturated rings. The van der Waals surface area contributed by atoms with Crippen LogP contribution < -0.4 is 0 Å². The smallest absolute Gasteiger partial charge is 0.315 e. The number of hydrogen-bond acceptors (Lipinski definition) is 2. The molecule has 13 heavy (non-hydrogen) atoms. The first-order valence-corrected chi connectivity index (χ1v) is 4.24. The summed E-state index contributed by atoms with van der Waals surface area (Å²) in [6, 6.07) is 0. The SMILES string of the molecule is CCn1cnc(C(C)(C)C(=O)O)c1. The molecule has 1 heterocycles. The number of carboxylic acids is 1. The molecule has 72 valence electrons. The highest BCUT2D eigenvalue weighted by Crippen LogP contribution is 2.20. The predicted octanol–water partition coefficient (Wildman–Crippen LogP) is 1.27. The van der Waals surface area contributed by atoms with Gasteiger partial charge in [0.2, 0.25) is 0 Å². The first-order chi connectivity index (χ1) is 5.98. The number of aromatic nitrogens is 2. The van der Waals surface area contributed by atoms with Crippen LogP contribution in [0.4, 0.5) is 0 Å². The number of nitrogens with zero attached hydrogens (tertiary/aromatic N) is 2. The van der Waals surface area contributed by atoms with Crippen molar-refractivity contribution < 1.29 is 9.90 Å². The number of hydrogen-bond donors (Lipinski definition) is 1.